The largest absolute Gasteiger partial charge is 0.347 e. The molecular formula is C16H23N5O2S. The van der Waals surface area contributed by atoms with Crippen LogP contribution in [0.1, 0.15) is 38.3 Å². The maximum Gasteiger partial charge on any atom is 0.250 e. The Kier molecular flexibility index (Phi) is 5.23. The van der Waals surface area contributed by atoms with Crippen molar-refractivity contribution in [3.8, 4) is 0 Å². The van der Waals surface area contributed by atoms with E-state index in [2.05, 4.69) is 20.1 Å². The van der Waals surface area contributed by atoms with Crippen molar-refractivity contribution in [2.75, 3.05) is 11.6 Å². The highest BCUT2D eigenvalue weighted by Gasteiger charge is 2.35. The van der Waals surface area contributed by atoms with E-state index < -0.39 is 6.04 Å². The van der Waals surface area contributed by atoms with Crippen molar-refractivity contribution in [1.82, 2.24) is 25.0 Å². The number of aryl methyl sites for hydroxylation is 1. The summed E-state index contributed by atoms with van der Waals surface area (Å²) in [6, 6.07) is -0.413. The molecule has 0 spiro atoms. The van der Waals surface area contributed by atoms with Crippen molar-refractivity contribution >= 4 is 23.6 Å². The zero-order valence-electron chi connectivity index (χ0n) is 14.1. The van der Waals surface area contributed by atoms with Gasteiger partial charge in [-0.15, -0.1) is 22.0 Å². The molecule has 7 nitrogen and oxygen atoms in total. The van der Waals surface area contributed by atoms with Crippen molar-refractivity contribution < 1.29 is 9.59 Å². The molecule has 2 aliphatic heterocycles. The van der Waals surface area contributed by atoms with Gasteiger partial charge in [-0.25, -0.2) is 0 Å². The number of thioether (sulfide) groups is 1. The number of amides is 2. The summed E-state index contributed by atoms with van der Waals surface area (Å²) in [6.45, 7) is 5.08. The van der Waals surface area contributed by atoms with Gasteiger partial charge in [0.05, 0.1) is 12.4 Å². The van der Waals surface area contributed by atoms with Crippen LogP contribution in [0.4, 0.5) is 0 Å². The van der Waals surface area contributed by atoms with E-state index in [1.54, 1.807) is 16.7 Å². The second-order valence-electron chi connectivity index (χ2n) is 6.09. The van der Waals surface area contributed by atoms with Crippen molar-refractivity contribution in [2.45, 2.75) is 52.2 Å². The third kappa shape index (κ3) is 3.33. The number of carbonyl (C=O) groups is 2. The van der Waals surface area contributed by atoms with Crippen LogP contribution >= 0.6 is 11.8 Å². The lowest BCUT2D eigenvalue weighted by atomic mass is 10.2. The maximum atomic E-state index is 12.5. The summed E-state index contributed by atoms with van der Waals surface area (Å²) in [6.07, 6.45) is 4.75. The quantitative estimate of drug-likeness (QED) is 0.805. The predicted octanol–water partition coefficient (Wildman–Crippen LogP) is 1.10. The van der Waals surface area contributed by atoms with Gasteiger partial charge in [0.1, 0.15) is 11.9 Å². The normalized spacial score (nSPS) is 20.3. The number of fused-ring (bicyclic) bond motifs is 1. The summed E-state index contributed by atoms with van der Waals surface area (Å²) in [4.78, 5) is 26.7. The molecule has 0 aromatic carbocycles. The fourth-order valence-electron chi connectivity index (χ4n) is 3.11. The molecular weight excluding hydrogens is 326 g/mol. The Labute approximate surface area is 145 Å². The average molecular weight is 349 g/mol. The number of allylic oxidation sites excluding steroid dienone is 1. The Morgan fingerprint density at radius 1 is 1.42 bits per heavy atom. The maximum absolute atomic E-state index is 12.5. The minimum Gasteiger partial charge on any atom is -0.347 e. The molecule has 24 heavy (non-hydrogen) atoms. The topological polar surface area (TPSA) is 80.1 Å². The van der Waals surface area contributed by atoms with Crippen LogP contribution in [0.25, 0.3) is 0 Å². The lowest BCUT2D eigenvalue weighted by molar-refractivity contribution is -0.135. The molecule has 3 rings (SSSR count). The number of nitrogens with zero attached hydrogens (tertiary/aromatic N) is 4. The van der Waals surface area contributed by atoms with Crippen molar-refractivity contribution in [3.63, 3.8) is 0 Å². The van der Waals surface area contributed by atoms with Gasteiger partial charge in [0.15, 0.2) is 5.82 Å². The summed E-state index contributed by atoms with van der Waals surface area (Å²) in [5.74, 6) is 2.81. The van der Waals surface area contributed by atoms with Crippen LogP contribution in [0, 0.1) is 0 Å². The van der Waals surface area contributed by atoms with Crippen molar-refractivity contribution in [2.24, 2.45) is 0 Å². The Balaban J connectivity index is 1.61. The van der Waals surface area contributed by atoms with Crippen LogP contribution in [-0.4, -0.2) is 49.2 Å². The van der Waals surface area contributed by atoms with Gasteiger partial charge in [-0.2, -0.15) is 0 Å². The van der Waals surface area contributed by atoms with E-state index in [1.807, 2.05) is 19.9 Å². The fraction of sp³-hybridized carbons (Fsp3) is 0.625. The smallest absolute Gasteiger partial charge is 0.250 e. The minimum absolute atomic E-state index is 0.0506. The van der Waals surface area contributed by atoms with Crippen LogP contribution in [0.3, 0.4) is 0 Å². The number of carbonyl (C=O) groups excluding carboxylic acids is 2. The molecule has 3 heterocycles. The zero-order valence-corrected chi connectivity index (χ0v) is 14.9. The molecule has 1 atom stereocenters. The fourth-order valence-corrected chi connectivity index (χ4v) is 4.26. The second-order valence-corrected chi connectivity index (χ2v) is 7.09. The van der Waals surface area contributed by atoms with Crippen molar-refractivity contribution in [1.29, 1.82) is 0 Å². The molecule has 0 aliphatic carbocycles. The molecule has 0 bridgehead atoms. The van der Waals surface area contributed by atoms with Gasteiger partial charge in [-0.3, -0.25) is 9.59 Å². The third-order valence-electron chi connectivity index (χ3n) is 4.40. The number of hydrogen-bond donors (Lipinski definition) is 1. The summed E-state index contributed by atoms with van der Waals surface area (Å²) in [5, 5.41) is 11.2. The van der Waals surface area contributed by atoms with E-state index in [0.717, 1.165) is 37.5 Å². The predicted molar refractivity (Wildman–Crippen MR) is 92.2 cm³/mol. The van der Waals surface area contributed by atoms with E-state index >= 15 is 0 Å². The summed E-state index contributed by atoms with van der Waals surface area (Å²) in [5.41, 5.74) is 0.702. The molecule has 130 valence electrons. The van der Waals surface area contributed by atoms with Gasteiger partial charge in [0.2, 0.25) is 5.91 Å². The van der Waals surface area contributed by atoms with Crippen LogP contribution in [0.2, 0.25) is 0 Å². The lowest BCUT2D eigenvalue weighted by Crippen LogP contribution is -2.47. The van der Waals surface area contributed by atoms with Gasteiger partial charge in [-0.05, 0) is 19.8 Å². The number of aromatic nitrogens is 3. The molecule has 1 aromatic heterocycles. The molecule has 1 aromatic rings. The van der Waals surface area contributed by atoms with E-state index in [-0.39, 0.29) is 11.8 Å². The highest BCUT2D eigenvalue weighted by atomic mass is 32.2. The van der Waals surface area contributed by atoms with E-state index in [1.165, 1.54) is 0 Å². The van der Waals surface area contributed by atoms with Crippen LogP contribution < -0.4 is 5.32 Å². The van der Waals surface area contributed by atoms with Crippen molar-refractivity contribution in [3.05, 3.63) is 23.3 Å². The molecule has 0 radical (unpaired) electrons. The van der Waals surface area contributed by atoms with E-state index in [9.17, 15) is 9.59 Å². The Morgan fingerprint density at radius 3 is 3.04 bits per heavy atom. The third-order valence-corrected chi connectivity index (χ3v) is 5.41. The second kappa shape index (κ2) is 7.38. The van der Waals surface area contributed by atoms with Gasteiger partial charge in [-0.1, -0.05) is 13.0 Å². The first-order valence-electron chi connectivity index (χ1n) is 8.36. The molecule has 8 heteroatoms. The monoisotopic (exact) mass is 349 g/mol. The lowest BCUT2D eigenvalue weighted by Gasteiger charge is -2.23. The Bertz CT molecular complexity index is 669. The molecule has 1 N–H and O–H groups in total. The first kappa shape index (κ1) is 17.0. The van der Waals surface area contributed by atoms with Crippen LogP contribution in [0.5, 0.6) is 0 Å². The summed E-state index contributed by atoms with van der Waals surface area (Å²) < 4.78 is 2.07. The molecule has 2 aliphatic rings. The SMILES string of the molecule is CC/C=C(\C)C(=O)N1CSC[C@@H]1C(=O)NCc1nnc2n1CCC2. The van der Waals surface area contributed by atoms with Gasteiger partial charge in [0.25, 0.3) is 5.91 Å². The zero-order chi connectivity index (χ0) is 17.1. The summed E-state index contributed by atoms with van der Waals surface area (Å²) >= 11 is 1.61. The molecule has 0 unspecified atom stereocenters. The van der Waals surface area contributed by atoms with Crippen LogP contribution in [-0.2, 0) is 29.1 Å². The highest BCUT2D eigenvalue weighted by molar-refractivity contribution is 7.99. The number of rotatable bonds is 5. The Morgan fingerprint density at radius 2 is 2.25 bits per heavy atom. The molecule has 1 fully saturated rings. The van der Waals surface area contributed by atoms with Crippen LogP contribution in [0.15, 0.2) is 11.6 Å². The highest BCUT2D eigenvalue weighted by Crippen LogP contribution is 2.23. The first-order valence-corrected chi connectivity index (χ1v) is 9.51. The van der Waals surface area contributed by atoms with Gasteiger partial charge < -0.3 is 14.8 Å². The number of nitrogens with one attached hydrogen (secondary N) is 1. The van der Waals surface area contributed by atoms with E-state index in [0.29, 0.717) is 23.7 Å². The standard InChI is InChI=1S/C16H23N5O2S/c1-3-5-11(2)16(23)21-10-24-9-12(21)15(22)17-8-14-19-18-13-6-4-7-20(13)14/h5,12H,3-4,6-10H2,1-2H3,(H,17,22)/b11-5+/t12-/m1/s1. The Hall–Kier alpha value is -1.83. The minimum atomic E-state index is -0.413. The first-order chi connectivity index (χ1) is 11.6. The molecule has 2 amide bonds. The average Bonchev–Trinajstić information content (AvgIpc) is 3.28. The number of hydrogen-bond acceptors (Lipinski definition) is 5. The van der Waals surface area contributed by atoms with Gasteiger partial charge >= 0.3 is 0 Å². The summed E-state index contributed by atoms with van der Waals surface area (Å²) in [7, 11) is 0. The van der Waals surface area contributed by atoms with E-state index in [4.69, 9.17) is 0 Å². The van der Waals surface area contributed by atoms with Gasteiger partial charge in [0, 0.05) is 24.3 Å². The molecule has 0 saturated carbocycles. The molecule has 1 saturated heterocycles.